The molecule has 2 amide bonds. The number of nitrogens with one attached hydrogen (secondary N) is 1. The van der Waals surface area contributed by atoms with Crippen molar-refractivity contribution in [3.05, 3.63) is 18.6 Å². The number of amides is 2. The summed E-state index contributed by atoms with van der Waals surface area (Å²) in [6.07, 6.45) is 11.5. The third kappa shape index (κ3) is 6.49. The largest absolute Gasteiger partial charge is 0.372 e. The number of unbranched alkanes of at least 4 members (excludes halogenated alkanes) is 1. The number of carbonyl (C=O) groups is 3. The molecule has 160 valence electrons. The topological polar surface area (TPSA) is 116 Å². The van der Waals surface area contributed by atoms with Crippen molar-refractivity contribution < 1.29 is 19.6 Å². The molecule has 2 heterocycles. The Bertz CT molecular complexity index is 668. The van der Waals surface area contributed by atoms with E-state index in [2.05, 4.69) is 15.3 Å². The maximum absolute atomic E-state index is 12.7. The predicted molar refractivity (Wildman–Crippen MR) is 107 cm³/mol. The molecule has 1 aromatic heterocycles. The minimum absolute atomic E-state index is 0.00257. The summed E-state index contributed by atoms with van der Waals surface area (Å²) in [5.41, 5.74) is 0.167. The number of nitrogens with zero attached hydrogens (tertiary/aromatic N) is 4. The minimum atomic E-state index is -0.434. The molecule has 0 radical (unpaired) electrons. The van der Waals surface area contributed by atoms with E-state index in [4.69, 9.17) is 0 Å². The number of rotatable bonds is 9. The number of anilines is 1. The van der Waals surface area contributed by atoms with Crippen molar-refractivity contribution in [2.75, 3.05) is 25.5 Å². The first kappa shape index (κ1) is 22.7. The summed E-state index contributed by atoms with van der Waals surface area (Å²) in [6.45, 7) is 2.67. The molecule has 2 atom stereocenters. The van der Waals surface area contributed by atoms with Gasteiger partial charge in [0.05, 0.1) is 24.7 Å². The Morgan fingerprint density at radius 1 is 1.45 bits per heavy atom. The van der Waals surface area contributed by atoms with Crippen LogP contribution >= 0.6 is 0 Å². The van der Waals surface area contributed by atoms with Crippen molar-refractivity contribution >= 4 is 24.4 Å². The first-order chi connectivity index (χ1) is 14.0. The highest BCUT2D eigenvalue weighted by Crippen LogP contribution is 2.54. The standard InChI is InChI=1S/C15H24N2O4.C5H7N3/c1-2-3-4-12(8-16(21)11-19)14(20)17-10-15(5-6-15)7-13(17)9-18;1-6-5-4-7-2-3-8-5/h9,11-13,21H,2-8,10H2,1H3;2-4H,1H3,(H,6,8). The number of likely N-dealkylation sites (tertiary alicyclic amines) is 1. The van der Waals surface area contributed by atoms with Gasteiger partial charge < -0.3 is 15.0 Å². The second-order valence-electron chi connectivity index (χ2n) is 7.78. The zero-order valence-corrected chi connectivity index (χ0v) is 17.2. The molecular weight excluding hydrogens is 374 g/mol. The van der Waals surface area contributed by atoms with E-state index in [0.29, 0.717) is 24.4 Å². The molecule has 9 heteroatoms. The lowest BCUT2D eigenvalue weighted by atomic mass is 10.00. The highest BCUT2D eigenvalue weighted by atomic mass is 16.5. The van der Waals surface area contributed by atoms with E-state index < -0.39 is 5.92 Å². The lowest BCUT2D eigenvalue weighted by molar-refractivity contribution is -0.157. The van der Waals surface area contributed by atoms with Gasteiger partial charge in [-0.15, -0.1) is 0 Å². The van der Waals surface area contributed by atoms with Gasteiger partial charge in [-0.25, -0.2) is 10.0 Å². The Kier molecular flexibility index (Phi) is 8.50. The van der Waals surface area contributed by atoms with Crippen LogP contribution in [0.4, 0.5) is 5.82 Å². The first-order valence-electron chi connectivity index (χ1n) is 10.1. The quantitative estimate of drug-likeness (QED) is 0.365. The number of aromatic nitrogens is 2. The Morgan fingerprint density at radius 3 is 2.69 bits per heavy atom. The fourth-order valence-electron chi connectivity index (χ4n) is 3.67. The molecule has 1 aliphatic heterocycles. The van der Waals surface area contributed by atoms with E-state index in [0.717, 1.165) is 44.2 Å². The summed E-state index contributed by atoms with van der Waals surface area (Å²) < 4.78 is 0. The van der Waals surface area contributed by atoms with Crippen LogP contribution in [0.3, 0.4) is 0 Å². The maximum Gasteiger partial charge on any atom is 0.233 e. The van der Waals surface area contributed by atoms with Crippen molar-refractivity contribution in [2.24, 2.45) is 11.3 Å². The van der Waals surface area contributed by atoms with Crippen LogP contribution in [0.25, 0.3) is 0 Å². The zero-order valence-electron chi connectivity index (χ0n) is 17.2. The van der Waals surface area contributed by atoms with Crippen molar-refractivity contribution in [1.29, 1.82) is 0 Å². The van der Waals surface area contributed by atoms with E-state index in [1.807, 2.05) is 14.0 Å². The van der Waals surface area contributed by atoms with Gasteiger partial charge in [0.25, 0.3) is 0 Å². The number of hydrogen-bond donors (Lipinski definition) is 2. The molecule has 1 aromatic rings. The molecule has 0 bridgehead atoms. The van der Waals surface area contributed by atoms with Gasteiger partial charge in [-0.1, -0.05) is 19.8 Å². The lowest BCUT2D eigenvalue weighted by Gasteiger charge is -2.27. The highest BCUT2D eigenvalue weighted by molar-refractivity contribution is 5.83. The van der Waals surface area contributed by atoms with Crippen molar-refractivity contribution in [2.45, 2.75) is 51.5 Å². The van der Waals surface area contributed by atoms with E-state index in [9.17, 15) is 19.6 Å². The average molecular weight is 405 g/mol. The van der Waals surface area contributed by atoms with Gasteiger partial charge in [-0.2, -0.15) is 0 Å². The van der Waals surface area contributed by atoms with Gasteiger partial charge in [-0.05, 0) is 31.1 Å². The van der Waals surface area contributed by atoms with Crippen LogP contribution in [-0.2, 0) is 14.4 Å². The number of aldehydes is 1. The summed E-state index contributed by atoms with van der Waals surface area (Å²) in [4.78, 5) is 43.9. The normalized spacial score (nSPS) is 19.7. The molecule has 9 nitrogen and oxygen atoms in total. The number of hydroxylamine groups is 2. The molecule has 1 saturated heterocycles. The summed E-state index contributed by atoms with van der Waals surface area (Å²) in [5.74, 6) is 0.259. The van der Waals surface area contributed by atoms with Crippen LogP contribution in [0.1, 0.15) is 45.4 Å². The van der Waals surface area contributed by atoms with Crippen LogP contribution < -0.4 is 5.32 Å². The Morgan fingerprint density at radius 2 is 2.21 bits per heavy atom. The number of hydrogen-bond acceptors (Lipinski definition) is 7. The third-order valence-corrected chi connectivity index (χ3v) is 5.55. The van der Waals surface area contributed by atoms with Gasteiger partial charge in [0.2, 0.25) is 12.3 Å². The van der Waals surface area contributed by atoms with E-state index in [-0.39, 0.29) is 23.9 Å². The van der Waals surface area contributed by atoms with Gasteiger partial charge in [0.1, 0.15) is 12.1 Å². The van der Waals surface area contributed by atoms with Crippen LogP contribution in [0.2, 0.25) is 0 Å². The highest BCUT2D eigenvalue weighted by Gasteiger charge is 2.53. The molecule has 2 unspecified atom stereocenters. The minimum Gasteiger partial charge on any atom is -0.372 e. The second-order valence-corrected chi connectivity index (χ2v) is 7.78. The second kappa shape index (κ2) is 10.8. The SMILES string of the molecule is CCCCC(CN(O)C=O)C(=O)N1CC2(CC2)CC1C=O.CNc1cnccn1. The van der Waals surface area contributed by atoms with E-state index in [1.165, 1.54) is 0 Å². The Labute approximate surface area is 171 Å². The molecule has 1 aliphatic carbocycles. The fraction of sp³-hybridized carbons (Fsp3) is 0.650. The Hall–Kier alpha value is -2.55. The molecule has 2 fully saturated rings. The molecule has 3 rings (SSSR count). The van der Waals surface area contributed by atoms with E-state index >= 15 is 0 Å². The molecule has 1 saturated carbocycles. The first-order valence-corrected chi connectivity index (χ1v) is 10.1. The van der Waals surface area contributed by atoms with Crippen molar-refractivity contribution in [1.82, 2.24) is 19.9 Å². The van der Waals surface area contributed by atoms with Crippen LogP contribution in [0.5, 0.6) is 0 Å². The molecule has 2 aliphatic rings. The van der Waals surface area contributed by atoms with Crippen LogP contribution in [0, 0.1) is 11.3 Å². The van der Waals surface area contributed by atoms with Gasteiger partial charge in [0.15, 0.2) is 0 Å². The van der Waals surface area contributed by atoms with Gasteiger partial charge >= 0.3 is 0 Å². The van der Waals surface area contributed by atoms with Crippen molar-refractivity contribution in [3.8, 4) is 0 Å². The molecule has 0 aromatic carbocycles. The molecule has 29 heavy (non-hydrogen) atoms. The summed E-state index contributed by atoms with van der Waals surface area (Å²) in [6, 6.07) is -0.340. The molecular formula is C20H31N5O4. The van der Waals surface area contributed by atoms with E-state index in [1.54, 1.807) is 23.5 Å². The molecule has 1 spiro atoms. The predicted octanol–water partition coefficient (Wildman–Crippen LogP) is 1.74. The fourth-order valence-corrected chi connectivity index (χ4v) is 3.67. The van der Waals surface area contributed by atoms with Gasteiger partial charge in [0, 0.05) is 26.0 Å². The summed E-state index contributed by atoms with van der Waals surface area (Å²) in [7, 11) is 1.81. The lowest BCUT2D eigenvalue weighted by Crippen LogP contribution is -2.44. The zero-order chi connectivity index (χ0) is 21.3. The third-order valence-electron chi connectivity index (χ3n) is 5.55. The summed E-state index contributed by atoms with van der Waals surface area (Å²) in [5, 5.41) is 12.8. The summed E-state index contributed by atoms with van der Waals surface area (Å²) >= 11 is 0. The van der Waals surface area contributed by atoms with Crippen LogP contribution in [0.15, 0.2) is 18.6 Å². The Balaban J connectivity index is 0.000000313. The smallest absolute Gasteiger partial charge is 0.233 e. The van der Waals surface area contributed by atoms with Gasteiger partial charge in [-0.3, -0.25) is 19.8 Å². The molecule has 2 N–H and O–H groups in total. The maximum atomic E-state index is 12.7. The van der Waals surface area contributed by atoms with Crippen LogP contribution in [-0.4, -0.2) is 69.9 Å². The number of carbonyl (C=O) groups excluding carboxylic acids is 3. The monoisotopic (exact) mass is 405 g/mol. The average Bonchev–Trinajstić information content (AvgIpc) is 3.41. The van der Waals surface area contributed by atoms with Crippen molar-refractivity contribution in [3.63, 3.8) is 0 Å².